The van der Waals surface area contributed by atoms with Crippen molar-refractivity contribution in [3.63, 3.8) is 0 Å². The molecule has 0 bridgehead atoms. The second kappa shape index (κ2) is 8.92. The zero-order chi connectivity index (χ0) is 22.1. The summed E-state index contributed by atoms with van der Waals surface area (Å²) in [4.78, 5) is 14.7. The molecule has 1 aliphatic carbocycles. The first kappa shape index (κ1) is 21.6. The van der Waals surface area contributed by atoms with Gasteiger partial charge in [-0.15, -0.1) is 11.3 Å². The fourth-order valence-corrected chi connectivity index (χ4v) is 6.77. The highest BCUT2D eigenvalue weighted by Crippen LogP contribution is 2.40. The Morgan fingerprint density at radius 3 is 2.56 bits per heavy atom. The van der Waals surface area contributed by atoms with Gasteiger partial charge in [-0.2, -0.15) is 0 Å². The first-order valence-corrected chi connectivity index (χ1v) is 13.9. The number of hydrogen-bond donors (Lipinski definition) is 0. The summed E-state index contributed by atoms with van der Waals surface area (Å²) in [5.41, 5.74) is 2.52. The summed E-state index contributed by atoms with van der Waals surface area (Å²) in [7, 11) is -3.18. The maximum Gasteiger partial charge on any atom is 0.211 e. The van der Waals surface area contributed by atoms with Gasteiger partial charge in [0, 0.05) is 31.1 Å². The van der Waals surface area contributed by atoms with Crippen molar-refractivity contribution in [1.29, 1.82) is 0 Å². The van der Waals surface area contributed by atoms with E-state index >= 15 is 0 Å². The van der Waals surface area contributed by atoms with Crippen molar-refractivity contribution in [2.75, 3.05) is 37.3 Å². The highest BCUT2D eigenvalue weighted by molar-refractivity contribution is 7.88. The molecule has 5 rings (SSSR count). The number of aromatic nitrogens is 2. The van der Waals surface area contributed by atoms with Crippen LogP contribution in [-0.4, -0.2) is 55.1 Å². The number of aryl methyl sites for hydroxylation is 2. The van der Waals surface area contributed by atoms with E-state index in [4.69, 9.17) is 9.97 Å². The summed E-state index contributed by atoms with van der Waals surface area (Å²) in [5.74, 6) is 1.68. The third-order valence-electron chi connectivity index (χ3n) is 6.26. The number of thiophene rings is 1. The molecule has 2 aliphatic rings. The van der Waals surface area contributed by atoms with Crippen LogP contribution in [0.3, 0.4) is 0 Å². The molecule has 0 radical (unpaired) electrons. The second-order valence-electron chi connectivity index (χ2n) is 8.54. The van der Waals surface area contributed by atoms with Gasteiger partial charge < -0.3 is 4.90 Å². The first-order valence-electron chi connectivity index (χ1n) is 11.2. The molecule has 2 aromatic heterocycles. The largest absolute Gasteiger partial charge is 0.355 e. The molecule has 0 atom stereocenters. The molecule has 1 saturated heterocycles. The molecule has 3 aromatic rings. The van der Waals surface area contributed by atoms with Crippen LogP contribution >= 0.6 is 11.3 Å². The number of anilines is 1. The third-order valence-corrected chi connectivity index (χ3v) is 8.75. The van der Waals surface area contributed by atoms with Crippen LogP contribution in [0.1, 0.15) is 41.1 Å². The Kier molecular flexibility index (Phi) is 6.01. The van der Waals surface area contributed by atoms with Crippen molar-refractivity contribution < 1.29 is 8.42 Å². The van der Waals surface area contributed by atoms with E-state index in [9.17, 15) is 8.42 Å². The van der Waals surface area contributed by atoms with Crippen LogP contribution in [0, 0.1) is 0 Å². The molecule has 0 spiro atoms. The van der Waals surface area contributed by atoms with Crippen molar-refractivity contribution in [2.45, 2.75) is 32.1 Å². The molecule has 3 heterocycles. The number of hydrogen-bond acceptors (Lipinski definition) is 6. The van der Waals surface area contributed by atoms with Crippen molar-refractivity contribution in [2.24, 2.45) is 0 Å². The van der Waals surface area contributed by atoms with Crippen LogP contribution in [0.25, 0.3) is 22.4 Å². The third kappa shape index (κ3) is 4.44. The molecular weight excluding hydrogens is 440 g/mol. The molecule has 0 N–H and O–H groups in total. The summed E-state index contributed by atoms with van der Waals surface area (Å²) in [6, 6.07) is 10.2. The maximum atomic E-state index is 12.1. The standard InChI is InChI=1S/C24H28N4O2S2/c1-32(29,30)28-15-7-14-27(16-17-28)23-22-19-10-5-6-11-20(19)31-24(22)26-21(25-23)13-12-18-8-3-2-4-9-18/h2-4,8-9,12-13H,5-7,10-11,14-17H2,1H3. The highest BCUT2D eigenvalue weighted by Gasteiger charge is 2.26. The minimum absolute atomic E-state index is 0.492. The van der Waals surface area contributed by atoms with Crippen LogP contribution in [-0.2, 0) is 22.9 Å². The first-order chi connectivity index (χ1) is 15.5. The van der Waals surface area contributed by atoms with Gasteiger partial charge >= 0.3 is 0 Å². The highest BCUT2D eigenvalue weighted by atomic mass is 32.2. The molecule has 168 valence electrons. The van der Waals surface area contributed by atoms with Gasteiger partial charge in [0.25, 0.3) is 0 Å². The molecule has 1 aliphatic heterocycles. The zero-order valence-corrected chi connectivity index (χ0v) is 20.0. The van der Waals surface area contributed by atoms with Gasteiger partial charge in [-0.1, -0.05) is 36.4 Å². The number of nitrogens with zero attached hydrogens (tertiary/aromatic N) is 4. The molecule has 6 nitrogen and oxygen atoms in total. The van der Waals surface area contributed by atoms with Gasteiger partial charge in [0.1, 0.15) is 10.6 Å². The average molecular weight is 469 g/mol. The van der Waals surface area contributed by atoms with E-state index in [2.05, 4.69) is 17.0 Å². The van der Waals surface area contributed by atoms with E-state index in [1.807, 2.05) is 30.4 Å². The van der Waals surface area contributed by atoms with Crippen molar-refractivity contribution in [3.05, 3.63) is 52.2 Å². The Bertz CT molecular complexity index is 1250. The predicted molar refractivity (Wildman–Crippen MR) is 133 cm³/mol. The minimum atomic E-state index is -3.18. The summed E-state index contributed by atoms with van der Waals surface area (Å²) < 4.78 is 25.8. The topological polar surface area (TPSA) is 66.4 Å². The molecule has 0 amide bonds. The van der Waals surface area contributed by atoms with Gasteiger partial charge in [0.05, 0.1) is 11.6 Å². The van der Waals surface area contributed by atoms with Crippen molar-refractivity contribution >= 4 is 49.5 Å². The molecule has 8 heteroatoms. The Labute approximate surface area is 193 Å². The van der Waals surface area contributed by atoms with Crippen LogP contribution < -0.4 is 4.90 Å². The molecule has 0 saturated carbocycles. The number of benzene rings is 1. The average Bonchev–Trinajstić information content (AvgIpc) is 2.97. The van der Waals surface area contributed by atoms with E-state index in [-0.39, 0.29) is 0 Å². The summed E-state index contributed by atoms with van der Waals surface area (Å²) >= 11 is 1.81. The number of fused-ring (bicyclic) bond motifs is 3. The number of sulfonamides is 1. The fourth-order valence-electron chi connectivity index (χ4n) is 4.63. The Balaban J connectivity index is 1.56. The van der Waals surface area contributed by atoms with Crippen LogP contribution in [0.15, 0.2) is 30.3 Å². The van der Waals surface area contributed by atoms with Crippen LogP contribution in [0.4, 0.5) is 5.82 Å². The smallest absolute Gasteiger partial charge is 0.211 e. The Morgan fingerprint density at radius 1 is 0.938 bits per heavy atom. The predicted octanol–water partition coefficient (Wildman–Crippen LogP) is 4.21. The van der Waals surface area contributed by atoms with E-state index < -0.39 is 10.0 Å². The quantitative estimate of drug-likeness (QED) is 0.574. The van der Waals surface area contributed by atoms with Gasteiger partial charge in [-0.25, -0.2) is 22.7 Å². The van der Waals surface area contributed by atoms with Gasteiger partial charge in [0.15, 0.2) is 5.82 Å². The normalized spacial score (nSPS) is 18.2. The van der Waals surface area contributed by atoms with Crippen molar-refractivity contribution in [3.8, 4) is 0 Å². The van der Waals surface area contributed by atoms with E-state index in [0.717, 1.165) is 42.0 Å². The molecular formula is C24H28N4O2S2. The lowest BCUT2D eigenvalue weighted by Crippen LogP contribution is -2.34. The van der Waals surface area contributed by atoms with Crippen LogP contribution in [0.5, 0.6) is 0 Å². The van der Waals surface area contributed by atoms with Gasteiger partial charge in [0.2, 0.25) is 10.0 Å². The molecule has 32 heavy (non-hydrogen) atoms. The maximum absolute atomic E-state index is 12.1. The van der Waals surface area contributed by atoms with Crippen LogP contribution in [0.2, 0.25) is 0 Å². The Morgan fingerprint density at radius 2 is 1.75 bits per heavy atom. The van der Waals surface area contributed by atoms with Gasteiger partial charge in [-0.3, -0.25) is 0 Å². The molecule has 1 aromatic carbocycles. The van der Waals surface area contributed by atoms with Gasteiger partial charge in [-0.05, 0) is 49.3 Å². The monoisotopic (exact) mass is 468 g/mol. The number of rotatable bonds is 4. The minimum Gasteiger partial charge on any atom is -0.355 e. The lowest BCUT2D eigenvalue weighted by molar-refractivity contribution is 0.437. The van der Waals surface area contributed by atoms with E-state index in [1.54, 1.807) is 15.6 Å². The Hall–Kier alpha value is -2.29. The molecule has 1 fully saturated rings. The molecule has 0 unspecified atom stereocenters. The summed E-state index contributed by atoms with van der Waals surface area (Å²) in [5, 5.41) is 1.19. The second-order valence-corrected chi connectivity index (χ2v) is 11.6. The zero-order valence-electron chi connectivity index (χ0n) is 18.3. The SMILES string of the molecule is CS(=O)(=O)N1CCCN(c2nc(C=Cc3ccccc3)nc3sc4c(c23)CCCC4)CC1. The van der Waals surface area contributed by atoms with E-state index in [1.165, 1.54) is 34.9 Å². The summed E-state index contributed by atoms with van der Waals surface area (Å²) in [6.07, 6.45) is 10.8. The lowest BCUT2D eigenvalue weighted by Gasteiger charge is -2.24. The lowest BCUT2D eigenvalue weighted by atomic mass is 9.97. The van der Waals surface area contributed by atoms with Crippen molar-refractivity contribution in [1.82, 2.24) is 14.3 Å². The van der Waals surface area contributed by atoms with E-state index in [0.29, 0.717) is 25.5 Å². The fraction of sp³-hybridized carbons (Fsp3) is 0.417. The summed E-state index contributed by atoms with van der Waals surface area (Å²) in [6.45, 7) is 2.49.